The van der Waals surface area contributed by atoms with Crippen LogP contribution in [0.3, 0.4) is 0 Å². The van der Waals surface area contributed by atoms with E-state index in [1.165, 1.54) is 36.1 Å². The molecule has 124 valence electrons. The third-order valence-corrected chi connectivity index (χ3v) is 7.69. The summed E-state index contributed by atoms with van der Waals surface area (Å²) in [7, 11) is 0. The van der Waals surface area contributed by atoms with E-state index in [1.54, 1.807) is 0 Å². The highest BCUT2D eigenvalue weighted by molar-refractivity contribution is 7.10. The van der Waals surface area contributed by atoms with Gasteiger partial charge in [0.2, 0.25) is 5.91 Å². The Balaban J connectivity index is 1.21. The highest BCUT2D eigenvalue weighted by atomic mass is 32.1. The van der Waals surface area contributed by atoms with Crippen LogP contribution < -0.4 is 5.32 Å². The van der Waals surface area contributed by atoms with Gasteiger partial charge in [-0.25, -0.2) is 0 Å². The van der Waals surface area contributed by atoms with Crippen LogP contribution in [-0.4, -0.2) is 42.6 Å². The van der Waals surface area contributed by atoms with E-state index in [4.69, 9.17) is 4.74 Å². The van der Waals surface area contributed by atoms with Gasteiger partial charge in [0.15, 0.2) is 0 Å². The number of fused-ring (bicyclic) bond motifs is 3. The number of carbonyl (C=O) groups is 1. The largest absolute Gasteiger partial charge is 0.377 e. The zero-order valence-corrected chi connectivity index (χ0v) is 14.2. The van der Waals surface area contributed by atoms with Gasteiger partial charge in [0, 0.05) is 41.9 Å². The molecule has 3 atom stereocenters. The molecule has 1 aromatic heterocycles. The topological polar surface area (TPSA) is 41.6 Å². The number of nitrogens with zero attached hydrogens (tertiary/aromatic N) is 1. The maximum atomic E-state index is 12.6. The molecule has 1 N–H and O–H groups in total. The van der Waals surface area contributed by atoms with Gasteiger partial charge in [-0.3, -0.25) is 4.79 Å². The van der Waals surface area contributed by atoms with Gasteiger partial charge in [0.25, 0.3) is 0 Å². The van der Waals surface area contributed by atoms with Gasteiger partial charge in [0.1, 0.15) is 0 Å². The lowest BCUT2D eigenvalue weighted by Gasteiger charge is -2.63. The summed E-state index contributed by atoms with van der Waals surface area (Å²) >= 11 is 1.82. The van der Waals surface area contributed by atoms with Gasteiger partial charge >= 0.3 is 0 Å². The number of hydrogen-bond donors (Lipinski definition) is 1. The minimum Gasteiger partial charge on any atom is -0.377 e. The Morgan fingerprint density at radius 3 is 3.22 bits per heavy atom. The number of rotatable bonds is 3. The van der Waals surface area contributed by atoms with Crippen LogP contribution in [0.4, 0.5) is 0 Å². The molecule has 2 aliphatic heterocycles. The second-order valence-corrected chi connectivity index (χ2v) is 8.62. The summed E-state index contributed by atoms with van der Waals surface area (Å²) in [6.07, 6.45) is 6.55. The molecule has 1 spiro atoms. The van der Waals surface area contributed by atoms with Crippen LogP contribution in [0, 0.1) is 11.3 Å². The second-order valence-electron chi connectivity index (χ2n) is 7.62. The van der Waals surface area contributed by atoms with Crippen LogP contribution in [0.2, 0.25) is 0 Å². The van der Waals surface area contributed by atoms with Crippen LogP contribution >= 0.6 is 11.3 Å². The fourth-order valence-electron chi connectivity index (χ4n) is 5.33. The number of ether oxygens (including phenoxy) is 1. The average Bonchev–Trinajstić information content (AvgIpc) is 3.12. The molecule has 4 aliphatic rings. The van der Waals surface area contributed by atoms with E-state index in [2.05, 4.69) is 16.8 Å². The summed E-state index contributed by atoms with van der Waals surface area (Å²) in [5.74, 6) is 0.909. The molecule has 5 heteroatoms. The third-order valence-electron chi connectivity index (χ3n) is 6.67. The number of nitrogens with one attached hydrogen (secondary N) is 1. The van der Waals surface area contributed by atoms with Crippen LogP contribution in [0.25, 0.3) is 0 Å². The van der Waals surface area contributed by atoms with E-state index in [0.29, 0.717) is 30.0 Å². The van der Waals surface area contributed by atoms with Crippen molar-refractivity contribution in [2.75, 3.05) is 19.7 Å². The van der Waals surface area contributed by atoms with Gasteiger partial charge in [-0.2, -0.15) is 0 Å². The molecule has 1 aromatic rings. The second kappa shape index (κ2) is 5.30. The predicted octanol–water partition coefficient (Wildman–Crippen LogP) is 2.18. The normalized spacial score (nSPS) is 33.7. The van der Waals surface area contributed by atoms with Crippen LogP contribution in [0.5, 0.6) is 0 Å². The van der Waals surface area contributed by atoms with Crippen molar-refractivity contribution in [3.63, 3.8) is 0 Å². The number of carbonyl (C=O) groups excluding carboxylic acids is 1. The van der Waals surface area contributed by atoms with Crippen molar-refractivity contribution in [1.29, 1.82) is 0 Å². The smallest absolute Gasteiger partial charge is 0.236 e. The molecule has 4 nitrogen and oxygen atoms in total. The Morgan fingerprint density at radius 2 is 2.39 bits per heavy atom. The Bertz CT molecular complexity index is 624. The number of hydrogen-bond acceptors (Lipinski definition) is 4. The Labute approximate surface area is 141 Å². The molecule has 1 amide bonds. The van der Waals surface area contributed by atoms with Crippen molar-refractivity contribution in [2.24, 2.45) is 11.3 Å². The summed E-state index contributed by atoms with van der Waals surface area (Å²) in [4.78, 5) is 16.1. The number of amides is 1. The Morgan fingerprint density at radius 1 is 1.48 bits per heavy atom. The first-order valence-corrected chi connectivity index (χ1v) is 9.84. The molecule has 5 rings (SSSR count). The average molecular weight is 332 g/mol. The van der Waals surface area contributed by atoms with Gasteiger partial charge < -0.3 is 15.0 Å². The van der Waals surface area contributed by atoms with Gasteiger partial charge in [-0.1, -0.05) is 6.42 Å². The summed E-state index contributed by atoms with van der Waals surface area (Å²) in [5, 5.41) is 5.77. The van der Waals surface area contributed by atoms with E-state index in [9.17, 15) is 4.79 Å². The first-order valence-electron chi connectivity index (χ1n) is 8.96. The minimum atomic E-state index is 0.263. The molecule has 1 saturated heterocycles. The molecule has 3 heterocycles. The minimum absolute atomic E-state index is 0.263. The lowest BCUT2D eigenvalue weighted by atomic mass is 9.46. The van der Waals surface area contributed by atoms with Crippen LogP contribution in [0.1, 0.15) is 36.1 Å². The van der Waals surface area contributed by atoms with Crippen molar-refractivity contribution >= 4 is 17.2 Å². The lowest BCUT2D eigenvalue weighted by Crippen LogP contribution is -2.71. The number of thiophene rings is 1. The Kier molecular flexibility index (Phi) is 3.32. The zero-order valence-electron chi connectivity index (χ0n) is 13.4. The molecular weight excluding hydrogens is 308 g/mol. The summed E-state index contributed by atoms with van der Waals surface area (Å²) < 4.78 is 5.96. The maximum Gasteiger partial charge on any atom is 0.236 e. The molecule has 0 radical (unpaired) electrons. The molecule has 3 unspecified atom stereocenters. The third kappa shape index (κ3) is 2.06. The van der Waals surface area contributed by atoms with Crippen molar-refractivity contribution < 1.29 is 9.53 Å². The van der Waals surface area contributed by atoms with Gasteiger partial charge in [-0.15, -0.1) is 11.3 Å². The summed E-state index contributed by atoms with van der Waals surface area (Å²) in [5.41, 5.74) is 1.71. The SMILES string of the molecule is O=C(CNC1C2CCOC2C12CCC2)N1CCc2sccc2C1. The van der Waals surface area contributed by atoms with Crippen molar-refractivity contribution in [1.82, 2.24) is 10.2 Å². The summed E-state index contributed by atoms with van der Waals surface area (Å²) in [6.45, 7) is 3.08. The van der Waals surface area contributed by atoms with E-state index in [1.807, 2.05) is 16.2 Å². The van der Waals surface area contributed by atoms with E-state index in [0.717, 1.165) is 26.1 Å². The molecule has 23 heavy (non-hydrogen) atoms. The van der Waals surface area contributed by atoms with Crippen molar-refractivity contribution in [3.8, 4) is 0 Å². The van der Waals surface area contributed by atoms with E-state index in [-0.39, 0.29) is 5.91 Å². The molecule has 2 aliphatic carbocycles. The first-order chi connectivity index (χ1) is 11.3. The van der Waals surface area contributed by atoms with E-state index < -0.39 is 0 Å². The quantitative estimate of drug-likeness (QED) is 0.922. The first kappa shape index (κ1) is 14.4. The maximum absolute atomic E-state index is 12.6. The Hall–Kier alpha value is -0.910. The summed E-state index contributed by atoms with van der Waals surface area (Å²) in [6, 6.07) is 2.68. The highest BCUT2D eigenvalue weighted by Crippen LogP contribution is 2.62. The van der Waals surface area contributed by atoms with Crippen LogP contribution in [0.15, 0.2) is 11.4 Å². The standard InChI is InChI=1S/C18H24N2O2S/c21-15(20-7-2-14-12(11-20)4-9-23-14)10-19-16-13-3-8-22-17(13)18(16)5-1-6-18/h4,9,13,16-17,19H,1-3,5-8,10-11H2. The lowest BCUT2D eigenvalue weighted by molar-refractivity contribution is -0.177. The zero-order chi connectivity index (χ0) is 15.4. The molecule has 0 aromatic carbocycles. The van der Waals surface area contributed by atoms with Crippen LogP contribution in [-0.2, 0) is 22.5 Å². The van der Waals surface area contributed by atoms with E-state index >= 15 is 0 Å². The fourth-order valence-corrected chi connectivity index (χ4v) is 6.22. The fraction of sp³-hybridized carbons (Fsp3) is 0.722. The monoisotopic (exact) mass is 332 g/mol. The molecular formula is C18H24N2O2S. The highest BCUT2D eigenvalue weighted by Gasteiger charge is 2.66. The predicted molar refractivity (Wildman–Crippen MR) is 89.4 cm³/mol. The van der Waals surface area contributed by atoms with Crippen molar-refractivity contribution in [2.45, 2.75) is 50.8 Å². The van der Waals surface area contributed by atoms with Gasteiger partial charge in [0.05, 0.1) is 12.6 Å². The van der Waals surface area contributed by atoms with Gasteiger partial charge in [-0.05, 0) is 42.7 Å². The molecule has 3 fully saturated rings. The molecule has 0 bridgehead atoms. The molecule has 2 saturated carbocycles. The van der Waals surface area contributed by atoms with Crippen molar-refractivity contribution in [3.05, 3.63) is 21.9 Å².